The van der Waals surface area contributed by atoms with Crippen molar-refractivity contribution < 1.29 is 20.1 Å². The molecule has 9 nitrogen and oxygen atoms in total. The second-order valence-electron chi connectivity index (χ2n) is 4.07. The number of nitrogen functional groups attached to an aromatic ring is 1. The maximum absolute atomic E-state index is 11.7. The van der Waals surface area contributed by atoms with Crippen molar-refractivity contribution in [3.8, 4) is 6.07 Å². The normalized spacial score (nSPS) is 30.2. The van der Waals surface area contributed by atoms with Crippen LogP contribution < -0.4 is 11.4 Å². The SMILES string of the molecule is N#Cc1cn([C@H]2O[C@@H](CO)[C@@H](O)[C@@H]2O)c(=O)nc1N. The number of nitriles is 1. The summed E-state index contributed by atoms with van der Waals surface area (Å²) >= 11 is 0. The van der Waals surface area contributed by atoms with E-state index in [0.717, 1.165) is 10.8 Å². The van der Waals surface area contributed by atoms with E-state index < -0.39 is 36.8 Å². The van der Waals surface area contributed by atoms with E-state index in [4.69, 9.17) is 20.8 Å². The highest BCUT2D eigenvalue weighted by atomic mass is 16.6. The smallest absolute Gasteiger partial charge is 0.351 e. The molecular weight excluding hydrogens is 256 g/mol. The van der Waals surface area contributed by atoms with Crippen molar-refractivity contribution in [2.24, 2.45) is 0 Å². The molecule has 1 aromatic rings. The van der Waals surface area contributed by atoms with Gasteiger partial charge in [-0.1, -0.05) is 0 Å². The van der Waals surface area contributed by atoms with Crippen LogP contribution in [0.4, 0.5) is 5.82 Å². The zero-order chi connectivity index (χ0) is 14.2. The van der Waals surface area contributed by atoms with E-state index in [1.54, 1.807) is 6.07 Å². The summed E-state index contributed by atoms with van der Waals surface area (Å²) in [6, 6.07) is 1.74. The number of nitrogens with two attached hydrogens (primary N) is 1. The molecular formula is C10H12N4O5. The Kier molecular flexibility index (Phi) is 3.50. The zero-order valence-corrected chi connectivity index (χ0v) is 9.67. The van der Waals surface area contributed by atoms with Crippen molar-refractivity contribution in [3.05, 3.63) is 22.2 Å². The van der Waals surface area contributed by atoms with Gasteiger partial charge in [0.2, 0.25) is 0 Å². The van der Waals surface area contributed by atoms with E-state index in [0.29, 0.717) is 0 Å². The third-order valence-corrected chi connectivity index (χ3v) is 2.89. The Morgan fingerprint density at radius 3 is 2.74 bits per heavy atom. The molecule has 4 atom stereocenters. The summed E-state index contributed by atoms with van der Waals surface area (Å²) in [7, 11) is 0. The van der Waals surface area contributed by atoms with Gasteiger partial charge in [0.25, 0.3) is 0 Å². The molecule has 0 unspecified atom stereocenters. The molecule has 1 aromatic heterocycles. The molecule has 5 N–H and O–H groups in total. The Bertz CT molecular complexity index is 580. The van der Waals surface area contributed by atoms with Gasteiger partial charge < -0.3 is 25.8 Å². The molecule has 1 fully saturated rings. The van der Waals surface area contributed by atoms with Gasteiger partial charge in [-0.05, 0) is 0 Å². The summed E-state index contributed by atoms with van der Waals surface area (Å²) < 4.78 is 6.02. The average molecular weight is 268 g/mol. The van der Waals surface area contributed by atoms with Gasteiger partial charge in [0.05, 0.1) is 6.61 Å². The Hall–Kier alpha value is -1.99. The number of anilines is 1. The summed E-state index contributed by atoms with van der Waals surface area (Å²) in [5.74, 6) is -0.226. The number of aliphatic hydroxyl groups is 3. The predicted octanol–water partition coefficient (Wildman–Crippen LogP) is -2.69. The number of ether oxygens (including phenoxy) is 1. The summed E-state index contributed by atoms with van der Waals surface area (Å²) in [6.07, 6.45) is -3.93. The highest BCUT2D eigenvalue weighted by Gasteiger charge is 2.43. The Morgan fingerprint density at radius 1 is 1.53 bits per heavy atom. The highest BCUT2D eigenvalue weighted by Crippen LogP contribution is 2.28. The fourth-order valence-corrected chi connectivity index (χ4v) is 1.86. The minimum absolute atomic E-state index is 0.0580. The van der Waals surface area contributed by atoms with Crippen LogP contribution in [-0.2, 0) is 4.74 Å². The van der Waals surface area contributed by atoms with Gasteiger partial charge in [-0.3, -0.25) is 4.57 Å². The van der Waals surface area contributed by atoms with Crippen LogP contribution in [0.1, 0.15) is 11.8 Å². The minimum atomic E-state index is -1.42. The second kappa shape index (κ2) is 4.94. The van der Waals surface area contributed by atoms with E-state index in [1.165, 1.54) is 0 Å². The number of aliphatic hydroxyl groups excluding tert-OH is 3. The maximum atomic E-state index is 11.7. The summed E-state index contributed by atoms with van der Waals surface area (Å²) in [6.45, 7) is -0.517. The molecule has 0 aromatic carbocycles. The topological polar surface area (TPSA) is 155 Å². The first-order valence-corrected chi connectivity index (χ1v) is 5.40. The molecule has 1 aliphatic rings. The molecule has 1 saturated heterocycles. The zero-order valence-electron chi connectivity index (χ0n) is 9.67. The molecule has 9 heteroatoms. The Morgan fingerprint density at radius 2 is 2.21 bits per heavy atom. The van der Waals surface area contributed by atoms with Gasteiger partial charge >= 0.3 is 5.69 Å². The van der Waals surface area contributed by atoms with Gasteiger partial charge in [0, 0.05) is 6.20 Å². The highest BCUT2D eigenvalue weighted by molar-refractivity contribution is 5.45. The van der Waals surface area contributed by atoms with Crippen LogP contribution >= 0.6 is 0 Å². The first-order valence-electron chi connectivity index (χ1n) is 5.40. The van der Waals surface area contributed by atoms with Gasteiger partial charge in [0.1, 0.15) is 35.8 Å². The molecule has 0 amide bonds. The van der Waals surface area contributed by atoms with Gasteiger partial charge in [-0.2, -0.15) is 10.2 Å². The lowest BCUT2D eigenvalue weighted by Gasteiger charge is -2.17. The van der Waals surface area contributed by atoms with Crippen molar-refractivity contribution in [3.63, 3.8) is 0 Å². The first kappa shape index (κ1) is 13.4. The number of hydrogen-bond donors (Lipinski definition) is 4. The van der Waals surface area contributed by atoms with Crippen molar-refractivity contribution in [1.82, 2.24) is 9.55 Å². The Balaban J connectivity index is 2.44. The number of hydrogen-bond acceptors (Lipinski definition) is 8. The number of nitrogens with zero attached hydrogens (tertiary/aromatic N) is 3. The number of rotatable bonds is 2. The van der Waals surface area contributed by atoms with Crippen molar-refractivity contribution in [2.75, 3.05) is 12.3 Å². The molecule has 19 heavy (non-hydrogen) atoms. The van der Waals surface area contributed by atoms with Crippen LogP contribution in [0, 0.1) is 11.3 Å². The van der Waals surface area contributed by atoms with Crippen molar-refractivity contribution in [1.29, 1.82) is 5.26 Å². The first-order chi connectivity index (χ1) is 8.99. The van der Waals surface area contributed by atoms with Crippen LogP contribution in [-0.4, -0.2) is 49.8 Å². The fourth-order valence-electron chi connectivity index (χ4n) is 1.86. The monoisotopic (exact) mass is 268 g/mol. The number of aromatic nitrogens is 2. The van der Waals surface area contributed by atoms with Gasteiger partial charge in [-0.15, -0.1) is 0 Å². The van der Waals surface area contributed by atoms with Crippen molar-refractivity contribution >= 4 is 5.82 Å². The molecule has 0 aliphatic carbocycles. The predicted molar refractivity (Wildman–Crippen MR) is 60.6 cm³/mol. The molecule has 2 rings (SSSR count). The Labute approximate surface area is 107 Å². The van der Waals surface area contributed by atoms with Crippen LogP contribution in [0.25, 0.3) is 0 Å². The largest absolute Gasteiger partial charge is 0.394 e. The lowest BCUT2D eigenvalue weighted by Crippen LogP contribution is -2.36. The molecule has 1 aliphatic heterocycles. The van der Waals surface area contributed by atoms with Gasteiger partial charge in [-0.25, -0.2) is 4.79 Å². The molecule has 0 bridgehead atoms. The minimum Gasteiger partial charge on any atom is -0.394 e. The molecule has 2 heterocycles. The summed E-state index contributed by atoms with van der Waals surface area (Å²) in [4.78, 5) is 15.1. The molecule has 0 radical (unpaired) electrons. The van der Waals surface area contributed by atoms with Crippen LogP contribution in [0.3, 0.4) is 0 Å². The third kappa shape index (κ3) is 2.18. The molecule has 0 spiro atoms. The van der Waals surface area contributed by atoms with Crippen LogP contribution in [0.15, 0.2) is 11.0 Å². The van der Waals surface area contributed by atoms with E-state index >= 15 is 0 Å². The molecule has 102 valence electrons. The van der Waals surface area contributed by atoms with E-state index in [-0.39, 0.29) is 11.4 Å². The summed E-state index contributed by atoms with van der Waals surface area (Å²) in [5.41, 5.74) is 4.49. The quantitative estimate of drug-likeness (QED) is 0.452. The van der Waals surface area contributed by atoms with Crippen LogP contribution in [0.5, 0.6) is 0 Å². The molecule has 0 saturated carbocycles. The maximum Gasteiger partial charge on any atom is 0.351 e. The lowest BCUT2D eigenvalue weighted by atomic mass is 10.1. The lowest BCUT2D eigenvalue weighted by molar-refractivity contribution is -0.0549. The van der Waals surface area contributed by atoms with Crippen LogP contribution in [0.2, 0.25) is 0 Å². The second-order valence-corrected chi connectivity index (χ2v) is 4.07. The summed E-state index contributed by atoms with van der Waals surface area (Å²) in [5, 5.41) is 37.2. The van der Waals surface area contributed by atoms with E-state index in [1.807, 2.05) is 0 Å². The van der Waals surface area contributed by atoms with Crippen molar-refractivity contribution in [2.45, 2.75) is 24.5 Å². The van der Waals surface area contributed by atoms with Gasteiger partial charge in [0.15, 0.2) is 6.23 Å². The average Bonchev–Trinajstić information content (AvgIpc) is 2.67. The van der Waals surface area contributed by atoms with E-state index in [2.05, 4.69) is 4.98 Å². The third-order valence-electron chi connectivity index (χ3n) is 2.89. The fraction of sp³-hybridized carbons (Fsp3) is 0.500. The standard InChI is InChI=1S/C10H12N4O5/c11-1-4-2-14(10(18)13-8(4)12)9-7(17)6(16)5(3-15)19-9/h2,5-7,9,15-17H,3H2,(H2,12,13,18)/t5-,6+,7-,9-/m0/s1. The van der Waals surface area contributed by atoms with E-state index in [9.17, 15) is 15.0 Å².